The lowest BCUT2D eigenvalue weighted by Gasteiger charge is -2.10. The van der Waals surface area contributed by atoms with Crippen LogP contribution in [-0.4, -0.2) is 32.7 Å². The first-order chi connectivity index (χ1) is 12.2. The summed E-state index contributed by atoms with van der Waals surface area (Å²) in [7, 11) is -3.59. The number of ether oxygens (including phenoxy) is 1. The number of nitrogens with one attached hydrogen (secondary N) is 1. The second-order valence-electron chi connectivity index (χ2n) is 5.49. The number of carbonyl (C=O) groups is 2. The molecule has 1 N–H and O–H groups in total. The minimum Gasteiger partial charge on any atom is -0.452 e. The predicted octanol–water partition coefficient (Wildman–Crippen LogP) is 3.24. The lowest BCUT2D eigenvalue weighted by molar-refractivity contribution is -0.119. The number of esters is 1. The van der Waals surface area contributed by atoms with E-state index < -0.39 is 28.3 Å². The van der Waals surface area contributed by atoms with E-state index in [1.165, 1.54) is 31.2 Å². The average molecular weight is 396 g/mol. The molecular weight excluding hydrogens is 378 g/mol. The van der Waals surface area contributed by atoms with E-state index in [2.05, 4.69) is 5.32 Å². The first kappa shape index (κ1) is 19.9. The van der Waals surface area contributed by atoms with Gasteiger partial charge >= 0.3 is 5.97 Å². The molecule has 0 spiro atoms. The number of halogens is 1. The third kappa shape index (κ3) is 4.83. The summed E-state index contributed by atoms with van der Waals surface area (Å²) in [5.74, 6) is -1.59. The van der Waals surface area contributed by atoms with E-state index in [0.29, 0.717) is 10.7 Å². The molecule has 2 aromatic rings. The van der Waals surface area contributed by atoms with Crippen LogP contribution in [0.15, 0.2) is 47.4 Å². The molecule has 0 fully saturated rings. The van der Waals surface area contributed by atoms with Crippen molar-refractivity contribution in [3.8, 4) is 0 Å². The fourth-order valence-corrected chi connectivity index (χ4v) is 3.40. The van der Waals surface area contributed by atoms with Crippen molar-refractivity contribution in [2.75, 3.05) is 17.7 Å². The number of anilines is 1. The van der Waals surface area contributed by atoms with Gasteiger partial charge in [0, 0.05) is 10.7 Å². The van der Waals surface area contributed by atoms with Crippen LogP contribution in [0.25, 0.3) is 0 Å². The molecule has 0 atom stereocenters. The fourth-order valence-electron chi connectivity index (χ4n) is 2.14. The van der Waals surface area contributed by atoms with Crippen molar-refractivity contribution in [1.29, 1.82) is 0 Å². The zero-order chi connectivity index (χ0) is 19.3. The molecule has 0 aliphatic rings. The number of hydrogen-bond donors (Lipinski definition) is 1. The molecule has 1 amide bonds. The standard InChI is InChI=1S/C18H18ClNO5S/c1-3-26(23,24)16-7-5-4-6-14(16)18(22)25-11-17(21)20-13-9-8-12(2)15(19)10-13/h4-10H,3,11H2,1-2H3,(H,20,21). The molecule has 0 aliphatic carbocycles. The van der Waals surface area contributed by atoms with Gasteiger partial charge in [0.15, 0.2) is 16.4 Å². The van der Waals surface area contributed by atoms with Gasteiger partial charge in [-0.3, -0.25) is 4.79 Å². The Labute approximate surface area is 157 Å². The molecule has 0 aromatic heterocycles. The molecular formula is C18H18ClNO5S. The smallest absolute Gasteiger partial charge is 0.339 e. The Balaban J connectivity index is 2.05. The van der Waals surface area contributed by atoms with Crippen LogP contribution in [0.4, 0.5) is 5.69 Å². The van der Waals surface area contributed by atoms with Gasteiger partial charge in [0.1, 0.15) is 0 Å². The molecule has 138 valence electrons. The van der Waals surface area contributed by atoms with Crippen molar-refractivity contribution in [3.63, 3.8) is 0 Å². The maximum absolute atomic E-state index is 12.2. The summed E-state index contributed by atoms with van der Waals surface area (Å²) in [6.07, 6.45) is 0. The van der Waals surface area contributed by atoms with Crippen LogP contribution in [0, 0.1) is 6.92 Å². The van der Waals surface area contributed by atoms with Crippen LogP contribution < -0.4 is 5.32 Å². The normalized spacial score (nSPS) is 11.0. The Hall–Kier alpha value is -2.38. The van der Waals surface area contributed by atoms with Gasteiger partial charge in [-0.25, -0.2) is 13.2 Å². The largest absolute Gasteiger partial charge is 0.452 e. The van der Waals surface area contributed by atoms with Crippen molar-refractivity contribution >= 4 is 39.0 Å². The summed E-state index contributed by atoms with van der Waals surface area (Å²) in [4.78, 5) is 24.0. The number of benzene rings is 2. The Kier molecular flexibility index (Phi) is 6.39. The maximum atomic E-state index is 12.2. The van der Waals surface area contributed by atoms with Crippen molar-refractivity contribution in [2.45, 2.75) is 18.7 Å². The molecule has 0 saturated carbocycles. The van der Waals surface area contributed by atoms with Crippen molar-refractivity contribution in [2.24, 2.45) is 0 Å². The number of sulfone groups is 1. The first-order valence-corrected chi connectivity index (χ1v) is 9.82. The second-order valence-corrected chi connectivity index (χ2v) is 8.14. The van der Waals surface area contributed by atoms with E-state index >= 15 is 0 Å². The third-order valence-electron chi connectivity index (χ3n) is 3.61. The minimum atomic E-state index is -3.59. The van der Waals surface area contributed by atoms with Crippen molar-refractivity contribution in [1.82, 2.24) is 0 Å². The van der Waals surface area contributed by atoms with Crippen LogP contribution >= 0.6 is 11.6 Å². The van der Waals surface area contributed by atoms with Crippen LogP contribution in [0.2, 0.25) is 5.02 Å². The molecule has 8 heteroatoms. The van der Waals surface area contributed by atoms with Crippen molar-refractivity contribution in [3.05, 3.63) is 58.6 Å². The van der Waals surface area contributed by atoms with Crippen LogP contribution in [0.5, 0.6) is 0 Å². The topological polar surface area (TPSA) is 89.5 Å². The Bertz CT molecular complexity index is 940. The lowest BCUT2D eigenvalue weighted by atomic mass is 10.2. The fraction of sp³-hybridized carbons (Fsp3) is 0.222. The SMILES string of the molecule is CCS(=O)(=O)c1ccccc1C(=O)OCC(=O)Nc1ccc(C)c(Cl)c1. The highest BCUT2D eigenvalue weighted by atomic mass is 35.5. The second kappa shape index (κ2) is 8.33. The molecule has 0 unspecified atom stereocenters. The highest BCUT2D eigenvalue weighted by Gasteiger charge is 2.22. The molecule has 0 radical (unpaired) electrons. The van der Waals surface area contributed by atoms with Gasteiger partial charge in [-0.2, -0.15) is 0 Å². The molecule has 6 nitrogen and oxygen atoms in total. The van der Waals surface area contributed by atoms with Crippen LogP contribution in [-0.2, 0) is 19.4 Å². The Morgan fingerprint density at radius 3 is 2.50 bits per heavy atom. The number of aryl methyl sites for hydroxylation is 1. The molecule has 2 rings (SSSR count). The number of amides is 1. The summed E-state index contributed by atoms with van der Waals surface area (Å²) in [5.41, 5.74) is 1.24. The molecule has 2 aromatic carbocycles. The molecule has 0 bridgehead atoms. The zero-order valence-electron chi connectivity index (χ0n) is 14.3. The average Bonchev–Trinajstić information content (AvgIpc) is 2.62. The summed E-state index contributed by atoms with van der Waals surface area (Å²) >= 11 is 5.99. The van der Waals surface area contributed by atoms with Gasteiger partial charge in [0.05, 0.1) is 16.2 Å². The van der Waals surface area contributed by atoms with Crippen LogP contribution in [0.1, 0.15) is 22.8 Å². The van der Waals surface area contributed by atoms with Gasteiger partial charge < -0.3 is 10.1 Å². The van der Waals surface area contributed by atoms with Gasteiger partial charge in [0.25, 0.3) is 5.91 Å². The third-order valence-corrected chi connectivity index (χ3v) is 5.81. The van der Waals surface area contributed by atoms with E-state index in [0.717, 1.165) is 5.56 Å². The van der Waals surface area contributed by atoms with Crippen LogP contribution in [0.3, 0.4) is 0 Å². The van der Waals surface area contributed by atoms with Gasteiger partial charge in [0.2, 0.25) is 0 Å². The van der Waals surface area contributed by atoms with E-state index in [-0.39, 0.29) is 16.2 Å². The van der Waals surface area contributed by atoms with Gasteiger partial charge in [-0.1, -0.05) is 36.7 Å². The number of rotatable bonds is 6. The van der Waals surface area contributed by atoms with E-state index in [1.807, 2.05) is 6.92 Å². The minimum absolute atomic E-state index is 0.0967. The monoisotopic (exact) mass is 395 g/mol. The predicted molar refractivity (Wildman–Crippen MR) is 99.3 cm³/mol. The van der Waals surface area contributed by atoms with Gasteiger partial charge in [-0.15, -0.1) is 0 Å². The first-order valence-electron chi connectivity index (χ1n) is 7.79. The highest BCUT2D eigenvalue weighted by Crippen LogP contribution is 2.20. The molecule has 26 heavy (non-hydrogen) atoms. The highest BCUT2D eigenvalue weighted by molar-refractivity contribution is 7.91. The number of hydrogen-bond acceptors (Lipinski definition) is 5. The molecule has 0 saturated heterocycles. The van der Waals surface area contributed by atoms with E-state index in [9.17, 15) is 18.0 Å². The van der Waals surface area contributed by atoms with E-state index in [4.69, 9.17) is 16.3 Å². The van der Waals surface area contributed by atoms with Crippen molar-refractivity contribution < 1.29 is 22.7 Å². The molecule has 0 heterocycles. The maximum Gasteiger partial charge on any atom is 0.339 e. The summed E-state index contributed by atoms with van der Waals surface area (Å²) in [6.45, 7) is 2.76. The summed E-state index contributed by atoms with van der Waals surface area (Å²) in [6, 6.07) is 10.7. The van der Waals surface area contributed by atoms with Gasteiger partial charge in [-0.05, 0) is 36.8 Å². The molecule has 0 aliphatic heterocycles. The Morgan fingerprint density at radius 1 is 1.15 bits per heavy atom. The summed E-state index contributed by atoms with van der Waals surface area (Å²) in [5, 5.41) is 3.05. The Morgan fingerprint density at radius 2 is 1.85 bits per heavy atom. The lowest BCUT2D eigenvalue weighted by Crippen LogP contribution is -2.22. The number of carbonyl (C=O) groups excluding carboxylic acids is 2. The zero-order valence-corrected chi connectivity index (χ0v) is 15.9. The quantitative estimate of drug-likeness (QED) is 0.758. The van der Waals surface area contributed by atoms with E-state index in [1.54, 1.807) is 18.2 Å². The summed E-state index contributed by atoms with van der Waals surface area (Å²) < 4.78 is 29.1.